The summed E-state index contributed by atoms with van der Waals surface area (Å²) in [7, 11) is -1.43. The maximum Gasteiger partial charge on any atom is 0.262 e. The van der Waals surface area contributed by atoms with Gasteiger partial charge >= 0.3 is 0 Å². The van der Waals surface area contributed by atoms with Gasteiger partial charge in [0.1, 0.15) is 0 Å². The number of hydrogen-bond acceptors (Lipinski definition) is 7. The summed E-state index contributed by atoms with van der Waals surface area (Å²) in [6.07, 6.45) is 1.13. The minimum atomic E-state index is -3.06. The van der Waals surface area contributed by atoms with Crippen molar-refractivity contribution in [3.8, 4) is 0 Å². The molecule has 164 valence electrons. The fourth-order valence-electron chi connectivity index (χ4n) is 3.44. The highest BCUT2D eigenvalue weighted by atomic mass is 32.2. The smallest absolute Gasteiger partial charge is 0.262 e. The molecule has 1 aliphatic rings. The number of thioether (sulfide) groups is 1. The number of carbonyl (C=O) groups is 1. The van der Waals surface area contributed by atoms with Crippen molar-refractivity contribution in [3.05, 3.63) is 34.6 Å². The van der Waals surface area contributed by atoms with E-state index in [4.69, 9.17) is 4.74 Å². The lowest BCUT2D eigenvalue weighted by molar-refractivity contribution is -0.128. The summed E-state index contributed by atoms with van der Waals surface area (Å²) in [5, 5.41) is 1.02. The van der Waals surface area contributed by atoms with E-state index < -0.39 is 9.84 Å². The minimum Gasteiger partial charge on any atom is -0.382 e. The number of sulfone groups is 1. The zero-order chi connectivity index (χ0) is 21.7. The second-order valence-corrected chi connectivity index (χ2v) is 10.4. The van der Waals surface area contributed by atoms with Crippen molar-refractivity contribution in [2.45, 2.75) is 37.5 Å². The highest BCUT2D eigenvalue weighted by Gasteiger charge is 2.32. The number of carbonyl (C=O) groups excluding carboxylic acids is 1. The second kappa shape index (κ2) is 9.93. The fraction of sp³-hybridized carbons (Fsp3) is 0.550. The van der Waals surface area contributed by atoms with Crippen molar-refractivity contribution >= 4 is 38.4 Å². The van der Waals surface area contributed by atoms with Crippen LogP contribution in [-0.2, 0) is 25.9 Å². The van der Waals surface area contributed by atoms with E-state index in [1.54, 1.807) is 29.8 Å². The molecule has 1 fully saturated rings. The zero-order valence-corrected chi connectivity index (χ0v) is 18.9. The lowest BCUT2D eigenvalue weighted by atomic mass is 10.2. The summed E-state index contributed by atoms with van der Waals surface area (Å²) in [4.78, 5) is 31.7. The average Bonchev–Trinajstić information content (AvgIpc) is 3.10. The van der Waals surface area contributed by atoms with Gasteiger partial charge in [-0.3, -0.25) is 14.2 Å². The summed E-state index contributed by atoms with van der Waals surface area (Å²) in [6, 6.07) is 6.86. The van der Waals surface area contributed by atoms with E-state index in [0.29, 0.717) is 48.7 Å². The molecule has 1 aliphatic heterocycles. The molecule has 1 saturated heterocycles. The molecule has 0 aliphatic carbocycles. The first-order chi connectivity index (χ1) is 14.3. The molecule has 1 atom stereocenters. The van der Waals surface area contributed by atoms with Crippen LogP contribution >= 0.6 is 11.8 Å². The van der Waals surface area contributed by atoms with E-state index in [1.165, 1.54) is 16.7 Å². The average molecular weight is 454 g/mol. The van der Waals surface area contributed by atoms with E-state index in [2.05, 4.69) is 4.98 Å². The van der Waals surface area contributed by atoms with Crippen molar-refractivity contribution in [2.24, 2.45) is 0 Å². The number of ether oxygens (including phenoxy) is 1. The Kier molecular flexibility index (Phi) is 7.54. The molecule has 0 spiro atoms. The van der Waals surface area contributed by atoms with Gasteiger partial charge < -0.3 is 9.64 Å². The van der Waals surface area contributed by atoms with E-state index in [0.717, 1.165) is 0 Å². The van der Waals surface area contributed by atoms with Crippen molar-refractivity contribution in [1.29, 1.82) is 0 Å². The summed E-state index contributed by atoms with van der Waals surface area (Å²) in [5.74, 6) is 0.0403. The first kappa shape index (κ1) is 22.8. The molecule has 1 aromatic heterocycles. The lowest BCUT2D eigenvalue weighted by Gasteiger charge is -2.23. The third-order valence-corrected chi connectivity index (χ3v) is 7.89. The molecule has 1 aromatic carbocycles. The lowest BCUT2D eigenvalue weighted by Crippen LogP contribution is -2.39. The zero-order valence-electron chi connectivity index (χ0n) is 17.2. The van der Waals surface area contributed by atoms with Crippen molar-refractivity contribution in [3.63, 3.8) is 0 Å². The third-order valence-electron chi connectivity index (χ3n) is 5.18. The number of aromatic nitrogens is 2. The van der Waals surface area contributed by atoms with E-state index in [-0.39, 0.29) is 34.8 Å². The molecule has 3 rings (SSSR count). The van der Waals surface area contributed by atoms with E-state index in [9.17, 15) is 18.0 Å². The minimum absolute atomic E-state index is 0.0102. The van der Waals surface area contributed by atoms with Gasteiger partial charge in [-0.05, 0) is 31.9 Å². The molecule has 1 amide bonds. The second-order valence-electron chi connectivity index (χ2n) is 7.27. The SMILES string of the molecule is CCOCCCn1c(SCC(=O)N(C)[C@@H]2CCS(=O)(=O)C2)nc2ccccc2c1=O. The molecule has 8 nitrogen and oxygen atoms in total. The standard InChI is InChI=1S/C20H27N3O5S2/c1-3-28-11-6-10-23-19(25)16-7-4-5-8-17(16)21-20(23)29-13-18(24)22(2)15-9-12-30(26,27)14-15/h4-5,7-8,15H,3,6,9-14H2,1-2H3/t15-/m1/s1. The quantitative estimate of drug-likeness (QED) is 0.323. The van der Waals surface area contributed by atoms with Crippen LogP contribution in [0.4, 0.5) is 0 Å². The maximum atomic E-state index is 13.0. The monoisotopic (exact) mass is 453 g/mol. The molecular weight excluding hydrogens is 426 g/mol. The highest BCUT2D eigenvalue weighted by molar-refractivity contribution is 7.99. The van der Waals surface area contributed by atoms with Crippen LogP contribution in [0.25, 0.3) is 10.9 Å². The number of nitrogens with zero attached hydrogens (tertiary/aromatic N) is 3. The molecule has 2 heterocycles. The molecule has 0 radical (unpaired) electrons. The Morgan fingerprint density at radius 1 is 1.37 bits per heavy atom. The Morgan fingerprint density at radius 3 is 2.83 bits per heavy atom. The number of rotatable bonds is 9. The Hall–Kier alpha value is -1.91. The van der Waals surface area contributed by atoms with E-state index >= 15 is 0 Å². The molecule has 0 N–H and O–H groups in total. The van der Waals surface area contributed by atoms with Crippen LogP contribution in [0.5, 0.6) is 0 Å². The van der Waals surface area contributed by atoms with Crippen molar-refractivity contribution in [1.82, 2.24) is 14.5 Å². The Morgan fingerprint density at radius 2 is 2.13 bits per heavy atom. The molecule has 10 heteroatoms. The van der Waals surface area contributed by atoms with Crippen LogP contribution in [0.15, 0.2) is 34.2 Å². The van der Waals surface area contributed by atoms with Gasteiger partial charge in [-0.25, -0.2) is 13.4 Å². The Bertz CT molecular complexity index is 1070. The van der Waals surface area contributed by atoms with Crippen molar-refractivity contribution in [2.75, 3.05) is 37.5 Å². The molecule has 0 bridgehead atoms. The number of amides is 1. The van der Waals surface area contributed by atoms with Crippen LogP contribution in [-0.4, -0.2) is 72.3 Å². The van der Waals surface area contributed by atoms with Gasteiger partial charge in [0.15, 0.2) is 15.0 Å². The maximum absolute atomic E-state index is 13.0. The summed E-state index contributed by atoms with van der Waals surface area (Å²) in [5.41, 5.74) is 0.455. The van der Waals surface area contributed by atoms with Gasteiger partial charge in [0.2, 0.25) is 5.91 Å². The van der Waals surface area contributed by atoms with Crippen LogP contribution < -0.4 is 5.56 Å². The molecule has 0 unspecified atom stereocenters. The van der Waals surface area contributed by atoms with Gasteiger partial charge in [0.05, 0.1) is 28.2 Å². The van der Waals surface area contributed by atoms with Gasteiger partial charge in [0, 0.05) is 32.8 Å². The predicted octanol–water partition coefficient (Wildman–Crippen LogP) is 1.56. The largest absolute Gasteiger partial charge is 0.382 e. The summed E-state index contributed by atoms with van der Waals surface area (Å²) >= 11 is 1.21. The number of fused-ring (bicyclic) bond motifs is 1. The molecule has 30 heavy (non-hydrogen) atoms. The van der Waals surface area contributed by atoms with Gasteiger partial charge in [-0.1, -0.05) is 23.9 Å². The van der Waals surface area contributed by atoms with Crippen molar-refractivity contribution < 1.29 is 17.9 Å². The van der Waals surface area contributed by atoms with Crippen LogP contribution in [0.3, 0.4) is 0 Å². The van der Waals surface area contributed by atoms with Crippen LogP contribution in [0.1, 0.15) is 19.8 Å². The normalized spacial score (nSPS) is 18.0. The Balaban J connectivity index is 1.76. The number of benzene rings is 1. The Labute approximate surface area is 180 Å². The molecule has 2 aromatic rings. The number of para-hydroxylation sites is 1. The van der Waals surface area contributed by atoms with Gasteiger partial charge in [-0.15, -0.1) is 0 Å². The van der Waals surface area contributed by atoms with Gasteiger partial charge in [0.25, 0.3) is 5.56 Å². The number of hydrogen-bond donors (Lipinski definition) is 0. The molecule has 0 saturated carbocycles. The predicted molar refractivity (Wildman–Crippen MR) is 118 cm³/mol. The van der Waals surface area contributed by atoms with Gasteiger partial charge in [-0.2, -0.15) is 0 Å². The molecular formula is C20H27N3O5S2. The topological polar surface area (TPSA) is 98.6 Å². The summed E-state index contributed by atoms with van der Waals surface area (Å²) in [6.45, 7) is 3.52. The van der Waals surface area contributed by atoms with Crippen LogP contribution in [0, 0.1) is 0 Å². The van der Waals surface area contributed by atoms with E-state index in [1.807, 2.05) is 13.0 Å². The first-order valence-electron chi connectivity index (χ1n) is 9.98. The fourth-order valence-corrected chi connectivity index (χ4v) is 6.16. The first-order valence-corrected chi connectivity index (χ1v) is 12.8. The summed E-state index contributed by atoms with van der Waals surface area (Å²) < 4.78 is 30.4. The third kappa shape index (κ3) is 5.41. The highest BCUT2D eigenvalue weighted by Crippen LogP contribution is 2.21. The van der Waals surface area contributed by atoms with Crippen LogP contribution in [0.2, 0.25) is 0 Å².